The number of rotatable bonds is 2. The zero-order valence-electron chi connectivity index (χ0n) is 10.8. The molecule has 1 aromatic rings. The van der Waals surface area contributed by atoms with Crippen LogP contribution in [0, 0.1) is 3.57 Å². The molecule has 1 aliphatic rings. The lowest BCUT2D eigenvalue weighted by atomic mass is 9.98. The second-order valence-corrected chi connectivity index (χ2v) is 8.39. The first-order valence-corrected chi connectivity index (χ1v) is 8.81. The highest BCUT2D eigenvalue weighted by atomic mass is 127. The Bertz CT molecular complexity index is 540. The van der Waals surface area contributed by atoms with Crippen LogP contribution in [0.4, 0.5) is 0 Å². The highest BCUT2D eigenvalue weighted by molar-refractivity contribution is 14.1. The molecule has 0 saturated carbocycles. The quantitative estimate of drug-likeness (QED) is 0.782. The number of benzene rings is 1. The molecule has 0 bridgehead atoms. The highest BCUT2D eigenvalue weighted by Crippen LogP contribution is 2.25. The zero-order valence-corrected chi connectivity index (χ0v) is 13.8. The minimum absolute atomic E-state index is 0.328. The van der Waals surface area contributed by atoms with Crippen LogP contribution in [-0.2, 0) is 10.0 Å². The SMILES string of the molecule is CC1(O)CCCN(S(=O)(=O)c2ccc(I)cc2)CC1. The third kappa shape index (κ3) is 3.68. The van der Waals surface area contributed by atoms with Crippen LogP contribution in [0.5, 0.6) is 0 Å². The maximum Gasteiger partial charge on any atom is 0.243 e. The molecule has 106 valence electrons. The summed E-state index contributed by atoms with van der Waals surface area (Å²) in [6.45, 7) is 2.62. The van der Waals surface area contributed by atoms with E-state index in [1.54, 1.807) is 31.2 Å². The molecule has 4 nitrogen and oxygen atoms in total. The summed E-state index contributed by atoms with van der Waals surface area (Å²) in [4.78, 5) is 0.328. The van der Waals surface area contributed by atoms with Crippen molar-refractivity contribution in [3.8, 4) is 0 Å². The molecule has 1 atom stereocenters. The molecule has 1 fully saturated rings. The molecule has 0 radical (unpaired) electrons. The number of sulfonamides is 1. The molecule has 1 saturated heterocycles. The predicted octanol–water partition coefficient (Wildman–Crippen LogP) is 2.22. The average Bonchev–Trinajstić information content (AvgIpc) is 2.51. The van der Waals surface area contributed by atoms with Crippen molar-refractivity contribution in [2.75, 3.05) is 13.1 Å². The van der Waals surface area contributed by atoms with E-state index in [4.69, 9.17) is 0 Å². The second-order valence-electron chi connectivity index (χ2n) is 5.21. The fourth-order valence-corrected chi connectivity index (χ4v) is 4.07. The van der Waals surface area contributed by atoms with E-state index in [9.17, 15) is 13.5 Å². The van der Waals surface area contributed by atoms with E-state index in [1.165, 1.54) is 4.31 Å². The van der Waals surface area contributed by atoms with Crippen molar-refractivity contribution >= 4 is 32.6 Å². The smallest absolute Gasteiger partial charge is 0.243 e. The molecule has 1 aromatic carbocycles. The topological polar surface area (TPSA) is 57.6 Å². The van der Waals surface area contributed by atoms with Gasteiger partial charge in [0, 0.05) is 16.7 Å². The van der Waals surface area contributed by atoms with Gasteiger partial charge in [-0.2, -0.15) is 4.31 Å². The Morgan fingerprint density at radius 3 is 2.47 bits per heavy atom. The first-order valence-electron chi connectivity index (χ1n) is 6.29. The van der Waals surface area contributed by atoms with E-state index in [0.29, 0.717) is 37.2 Å². The second kappa shape index (κ2) is 5.67. The summed E-state index contributed by atoms with van der Waals surface area (Å²) < 4.78 is 27.5. The lowest BCUT2D eigenvalue weighted by Crippen LogP contribution is -2.33. The summed E-state index contributed by atoms with van der Waals surface area (Å²) in [5.41, 5.74) is -0.754. The van der Waals surface area contributed by atoms with E-state index in [2.05, 4.69) is 22.6 Å². The van der Waals surface area contributed by atoms with Gasteiger partial charge in [0.05, 0.1) is 10.5 Å². The monoisotopic (exact) mass is 395 g/mol. The number of hydrogen-bond donors (Lipinski definition) is 1. The van der Waals surface area contributed by atoms with Gasteiger partial charge in [-0.1, -0.05) is 0 Å². The number of halogens is 1. The van der Waals surface area contributed by atoms with E-state index < -0.39 is 15.6 Å². The molecular weight excluding hydrogens is 377 g/mol. The van der Waals surface area contributed by atoms with Gasteiger partial charge in [0.15, 0.2) is 0 Å². The summed E-state index contributed by atoms with van der Waals surface area (Å²) >= 11 is 2.15. The Hall–Kier alpha value is -0.180. The van der Waals surface area contributed by atoms with Gasteiger partial charge < -0.3 is 5.11 Å². The Morgan fingerprint density at radius 1 is 1.21 bits per heavy atom. The Morgan fingerprint density at radius 2 is 1.84 bits per heavy atom. The Kier molecular flexibility index (Phi) is 4.54. The zero-order chi connectivity index (χ0) is 14.1. The standard InChI is InChI=1S/C13H18INO3S/c1-13(16)7-2-9-15(10-8-13)19(17,18)12-5-3-11(14)4-6-12/h3-6,16H,2,7-10H2,1H3. The minimum atomic E-state index is -3.43. The maximum absolute atomic E-state index is 12.5. The van der Waals surface area contributed by atoms with Crippen molar-refractivity contribution in [1.29, 1.82) is 0 Å². The van der Waals surface area contributed by atoms with Crippen molar-refractivity contribution < 1.29 is 13.5 Å². The van der Waals surface area contributed by atoms with Gasteiger partial charge in [-0.15, -0.1) is 0 Å². The first kappa shape index (κ1) is 15.2. The normalized spacial score (nSPS) is 26.1. The van der Waals surface area contributed by atoms with Gasteiger partial charge in [0.1, 0.15) is 0 Å². The van der Waals surface area contributed by atoms with Crippen molar-refractivity contribution in [2.24, 2.45) is 0 Å². The molecule has 1 unspecified atom stereocenters. The molecule has 1 heterocycles. The summed E-state index contributed by atoms with van der Waals surface area (Å²) in [5, 5.41) is 10.0. The average molecular weight is 395 g/mol. The van der Waals surface area contributed by atoms with Crippen LogP contribution in [0.25, 0.3) is 0 Å². The largest absolute Gasteiger partial charge is 0.390 e. The molecule has 1 N–H and O–H groups in total. The molecule has 6 heteroatoms. The number of nitrogens with zero attached hydrogens (tertiary/aromatic N) is 1. The summed E-state index contributed by atoms with van der Waals surface area (Å²) in [7, 11) is -3.43. The van der Waals surface area contributed by atoms with Crippen molar-refractivity contribution in [2.45, 2.75) is 36.7 Å². The van der Waals surface area contributed by atoms with E-state index in [1.807, 2.05) is 0 Å². The third-order valence-electron chi connectivity index (χ3n) is 3.47. The molecule has 0 aliphatic carbocycles. The molecule has 1 aliphatic heterocycles. The summed E-state index contributed by atoms with van der Waals surface area (Å²) in [6, 6.07) is 6.86. The summed E-state index contributed by atoms with van der Waals surface area (Å²) in [6.07, 6.45) is 1.82. The van der Waals surface area contributed by atoms with Crippen LogP contribution < -0.4 is 0 Å². The maximum atomic E-state index is 12.5. The van der Waals surface area contributed by atoms with Crippen LogP contribution in [0.1, 0.15) is 26.2 Å². The summed E-state index contributed by atoms with van der Waals surface area (Å²) in [5.74, 6) is 0. The van der Waals surface area contributed by atoms with Gasteiger partial charge in [0.25, 0.3) is 0 Å². The number of aliphatic hydroxyl groups is 1. The Labute approximate surface area is 128 Å². The van der Waals surface area contributed by atoms with Crippen LogP contribution in [-0.4, -0.2) is 36.5 Å². The fourth-order valence-electron chi connectivity index (χ4n) is 2.23. The third-order valence-corrected chi connectivity index (χ3v) is 6.11. The molecular formula is C13H18INO3S. The van der Waals surface area contributed by atoms with Crippen LogP contribution >= 0.6 is 22.6 Å². The van der Waals surface area contributed by atoms with E-state index >= 15 is 0 Å². The Balaban J connectivity index is 2.22. The molecule has 19 heavy (non-hydrogen) atoms. The van der Waals surface area contributed by atoms with Crippen molar-refractivity contribution in [1.82, 2.24) is 4.31 Å². The minimum Gasteiger partial charge on any atom is -0.390 e. The lowest BCUT2D eigenvalue weighted by molar-refractivity contribution is 0.0465. The van der Waals surface area contributed by atoms with Gasteiger partial charge >= 0.3 is 0 Å². The number of hydrogen-bond acceptors (Lipinski definition) is 3. The van der Waals surface area contributed by atoms with Crippen molar-refractivity contribution in [3.63, 3.8) is 0 Å². The van der Waals surface area contributed by atoms with E-state index in [0.717, 1.165) is 3.57 Å². The highest BCUT2D eigenvalue weighted by Gasteiger charge is 2.31. The molecule has 0 amide bonds. The van der Waals surface area contributed by atoms with Crippen LogP contribution in [0.2, 0.25) is 0 Å². The van der Waals surface area contributed by atoms with Gasteiger partial charge in [-0.05, 0) is 73.0 Å². The van der Waals surface area contributed by atoms with Crippen LogP contribution in [0.15, 0.2) is 29.2 Å². The van der Waals surface area contributed by atoms with Gasteiger partial charge in [-0.3, -0.25) is 0 Å². The predicted molar refractivity (Wildman–Crippen MR) is 82.4 cm³/mol. The molecule has 2 rings (SSSR count). The van der Waals surface area contributed by atoms with E-state index in [-0.39, 0.29) is 0 Å². The fraction of sp³-hybridized carbons (Fsp3) is 0.538. The molecule has 0 aromatic heterocycles. The van der Waals surface area contributed by atoms with Crippen LogP contribution in [0.3, 0.4) is 0 Å². The molecule has 0 spiro atoms. The van der Waals surface area contributed by atoms with Gasteiger partial charge in [0.2, 0.25) is 10.0 Å². The first-order chi connectivity index (χ1) is 8.81. The lowest BCUT2D eigenvalue weighted by Gasteiger charge is -2.22. The van der Waals surface area contributed by atoms with Gasteiger partial charge in [-0.25, -0.2) is 8.42 Å². The van der Waals surface area contributed by atoms with Crippen molar-refractivity contribution in [3.05, 3.63) is 27.8 Å².